The van der Waals surface area contributed by atoms with Crippen LogP contribution in [0.3, 0.4) is 0 Å². The summed E-state index contributed by atoms with van der Waals surface area (Å²) >= 11 is 0. The molecule has 7 nitrogen and oxygen atoms in total. The minimum atomic E-state index is -1.32. The number of carboxylic acid groups (broad SMARTS) is 3. The Balaban J connectivity index is 2.20. The predicted molar refractivity (Wildman–Crippen MR) is 64.8 cm³/mol. The van der Waals surface area contributed by atoms with Crippen LogP contribution in [0.15, 0.2) is 0 Å². The minimum Gasteiger partial charge on any atom is -0.481 e. The zero-order valence-corrected chi connectivity index (χ0v) is 10.9. The lowest BCUT2D eigenvalue weighted by atomic mass is 9.37. The maximum atomic E-state index is 11.7. The average molecular weight is 283 g/mol. The highest BCUT2D eigenvalue weighted by Crippen LogP contribution is 2.70. The SMILES string of the molecule is NC12CC3(C(=O)O)CC(C(=O)O)(C1)CC(C(=O)O)(C2)C3. The first-order chi connectivity index (χ1) is 9.07. The van der Waals surface area contributed by atoms with E-state index in [9.17, 15) is 29.7 Å². The number of hydrogen-bond donors (Lipinski definition) is 4. The van der Waals surface area contributed by atoms with Crippen molar-refractivity contribution in [2.24, 2.45) is 22.0 Å². The van der Waals surface area contributed by atoms with Crippen LogP contribution < -0.4 is 5.73 Å². The number of aliphatic carboxylic acids is 3. The van der Waals surface area contributed by atoms with Crippen LogP contribution in [0.1, 0.15) is 38.5 Å². The lowest BCUT2D eigenvalue weighted by Crippen LogP contribution is -2.71. The van der Waals surface area contributed by atoms with Gasteiger partial charge in [-0.25, -0.2) is 0 Å². The van der Waals surface area contributed by atoms with Crippen LogP contribution in [0, 0.1) is 16.2 Å². The van der Waals surface area contributed by atoms with Gasteiger partial charge in [-0.05, 0) is 38.5 Å². The van der Waals surface area contributed by atoms with Crippen LogP contribution in [-0.4, -0.2) is 38.8 Å². The molecule has 4 bridgehead atoms. The van der Waals surface area contributed by atoms with Gasteiger partial charge in [-0.1, -0.05) is 0 Å². The smallest absolute Gasteiger partial charge is 0.309 e. The van der Waals surface area contributed by atoms with Gasteiger partial charge in [0.15, 0.2) is 0 Å². The van der Waals surface area contributed by atoms with Crippen molar-refractivity contribution in [2.45, 2.75) is 44.1 Å². The molecule has 5 N–H and O–H groups in total. The summed E-state index contributed by atoms with van der Waals surface area (Å²) in [6.07, 6.45) is 0.453. The molecule has 0 heterocycles. The number of hydrogen-bond acceptors (Lipinski definition) is 4. The lowest BCUT2D eigenvalue weighted by molar-refractivity contribution is -0.212. The van der Waals surface area contributed by atoms with E-state index in [1.165, 1.54) is 0 Å². The molecule has 0 amide bonds. The lowest BCUT2D eigenvalue weighted by Gasteiger charge is -2.65. The van der Waals surface area contributed by atoms with Gasteiger partial charge in [-0.15, -0.1) is 0 Å². The van der Waals surface area contributed by atoms with E-state index in [1.54, 1.807) is 0 Å². The minimum absolute atomic E-state index is 0.0152. The first-order valence-electron chi connectivity index (χ1n) is 6.56. The van der Waals surface area contributed by atoms with E-state index in [1.807, 2.05) is 0 Å². The van der Waals surface area contributed by atoms with Crippen molar-refractivity contribution in [3.05, 3.63) is 0 Å². The van der Waals surface area contributed by atoms with Gasteiger partial charge in [0.05, 0.1) is 16.2 Å². The number of nitrogens with two attached hydrogens (primary N) is 1. The molecule has 4 fully saturated rings. The molecular weight excluding hydrogens is 266 g/mol. The highest BCUT2D eigenvalue weighted by Gasteiger charge is 2.73. The topological polar surface area (TPSA) is 138 Å². The van der Waals surface area contributed by atoms with E-state index in [4.69, 9.17) is 5.73 Å². The molecular formula is C13H17NO6. The molecule has 7 heteroatoms. The third-order valence-corrected chi connectivity index (χ3v) is 5.46. The molecule has 4 rings (SSSR count). The second-order valence-electron chi connectivity index (χ2n) is 7.18. The van der Waals surface area contributed by atoms with Gasteiger partial charge in [0, 0.05) is 5.54 Å². The van der Waals surface area contributed by atoms with Crippen molar-refractivity contribution in [3.8, 4) is 0 Å². The Bertz CT molecular complexity index is 459. The van der Waals surface area contributed by atoms with Crippen LogP contribution >= 0.6 is 0 Å². The number of rotatable bonds is 3. The fraction of sp³-hybridized carbons (Fsp3) is 0.769. The highest BCUT2D eigenvalue weighted by molar-refractivity contribution is 5.86. The second-order valence-corrected chi connectivity index (χ2v) is 7.18. The number of carboxylic acids is 3. The summed E-state index contributed by atoms with van der Waals surface area (Å²) in [7, 11) is 0. The van der Waals surface area contributed by atoms with Crippen LogP contribution in [0.2, 0.25) is 0 Å². The summed E-state index contributed by atoms with van der Waals surface area (Å²) in [5, 5.41) is 28.6. The fourth-order valence-electron chi connectivity index (χ4n) is 5.40. The zero-order valence-electron chi connectivity index (χ0n) is 10.9. The molecule has 0 saturated heterocycles. The predicted octanol–water partition coefficient (Wildman–Crippen LogP) is 0.278. The molecule has 0 atom stereocenters. The fourth-order valence-corrected chi connectivity index (χ4v) is 5.40. The van der Waals surface area contributed by atoms with E-state index in [0.717, 1.165) is 0 Å². The molecule has 4 aliphatic carbocycles. The normalized spacial score (nSPS) is 49.0. The van der Waals surface area contributed by atoms with E-state index in [-0.39, 0.29) is 38.5 Å². The van der Waals surface area contributed by atoms with Gasteiger partial charge in [0.2, 0.25) is 0 Å². The average Bonchev–Trinajstić information content (AvgIpc) is 2.24. The van der Waals surface area contributed by atoms with Gasteiger partial charge >= 0.3 is 17.9 Å². The third kappa shape index (κ3) is 1.41. The molecule has 4 saturated carbocycles. The van der Waals surface area contributed by atoms with E-state index >= 15 is 0 Å². The Hall–Kier alpha value is -1.63. The first-order valence-corrected chi connectivity index (χ1v) is 6.56. The quantitative estimate of drug-likeness (QED) is 0.583. The zero-order chi connectivity index (χ0) is 15.0. The van der Waals surface area contributed by atoms with Crippen molar-refractivity contribution in [2.75, 3.05) is 0 Å². The largest absolute Gasteiger partial charge is 0.481 e. The molecule has 0 unspecified atom stereocenters. The summed E-state index contributed by atoms with van der Waals surface area (Å²) in [4.78, 5) is 35.1. The molecule has 0 aromatic heterocycles. The highest BCUT2D eigenvalue weighted by atomic mass is 16.4. The van der Waals surface area contributed by atoms with Crippen molar-refractivity contribution >= 4 is 17.9 Å². The van der Waals surface area contributed by atoms with Crippen molar-refractivity contribution < 1.29 is 29.7 Å². The Morgan fingerprint density at radius 1 is 0.650 bits per heavy atom. The Morgan fingerprint density at radius 3 is 1.10 bits per heavy atom. The Morgan fingerprint density at radius 2 is 0.900 bits per heavy atom. The van der Waals surface area contributed by atoms with Gasteiger partial charge in [-0.3, -0.25) is 14.4 Å². The number of carbonyl (C=O) groups is 3. The molecule has 0 radical (unpaired) electrons. The summed E-state index contributed by atoms with van der Waals surface area (Å²) in [5.41, 5.74) is 1.23. The van der Waals surface area contributed by atoms with Crippen LogP contribution in [0.5, 0.6) is 0 Å². The van der Waals surface area contributed by atoms with Crippen molar-refractivity contribution in [1.29, 1.82) is 0 Å². The summed E-state index contributed by atoms with van der Waals surface area (Å²) in [6.45, 7) is 0. The van der Waals surface area contributed by atoms with Crippen molar-refractivity contribution in [3.63, 3.8) is 0 Å². The molecule has 4 aliphatic rings. The maximum absolute atomic E-state index is 11.7. The van der Waals surface area contributed by atoms with Gasteiger partial charge in [-0.2, -0.15) is 0 Å². The molecule has 0 aromatic carbocycles. The maximum Gasteiger partial charge on any atom is 0.309 e. The third-order valence-electron chi connectivity index (χ3n) is 5.46. The van der Waals surface area contributed by atoms with Crippen molar-refractivity contribution in [1.82, 2.24) is 0 Å². The van der Waals surface area contributed by atoms with Gasteiger partial charge < -0.3 is 21.1 Å². The Labute approximate surface area is 114 Å². The van der Waals surface area contributed by atoms with E-state index in [2.05, 4.69) is 0 Å². The molecule has 110 valence electrons. The monoisotopic (exact) mass is 283 g/mol. The summed E-state index contributed by atoms with van der Waals surface area (Å²) in [5.74, 6) is -3.37. The summed E-state index contributed by atoms with van der Waals surface area (Å²) < 4.78 is 0. The van der Waals surface area contributed by atoms with Gasteiger partial charge in [0.25, 0.3) is 0 Å². The van der Waals surface area contributed by atoms with E-state index in [0.29, 0.717) is 0 Å². The van der Waals surface area contributed by atoms with Gasteiger partial charge in [0.1, 0.15) is 0 Å². The van der Waals surface area contributed by atoms with Crippen LogP contribution in [-0.2, 0) is 14.4 Å². The van der Waals surface area contributed by atoms with Crippen LogP contribution in [0.4, 0.5) is 0 Å². The molecule has 0 aromatic rings. The first kappa shape index (κ1) is 13.4. The van der Waals surface area contributed by atoms with Crippen LogP contribution in [0.25, 0.3) is 0 Å². The molecule has 0 spiro atoms. The second kappa shape index (κ2) is 3.33. The Kier molecular flexibility index (Phi) is 2.23. The molecule has 0 aliphatic heterocycles. The molecule has 20 heavy (non-hydrogen) atoms. The standard InChI is InChI=1S/C13H17NO6/c14-13-4-10(7(15)16)1-11(5-13,8(17)18)3-12(2-10,6-13)9(19)20/h1-6,14H2,(H,15,16)(H,17,18)(H,19,20). The summed E-state index contributed by atoms with van der Waals surface area (Å²) in [6, 6.07) is 0. The van der Waals surface area contributed by atoms with E-state index < -0.39 is 39.7 Å².